The Morgan fingerprint density at radius 2 is 1.84 bits per heavy atom. The average molecular weight is 344 g/mol. The molecular weight excluding hydrogens is 310 g/mol. The van der Waals surface area contributed by atoms with Crippen molar-refractivity contribution in [1.82, 2.24) is 10.2 Å². The molecule has 2 aliphatic rings. The van der Waals surface area contributed by atoms with Crippen LogP contribution in [0.15, 0.2) is 24.3 Å². The van der Waals surface area contributed by atoms with Gasteiger partial charge in [-0.25, -0.2) is 0 Å². The second kappa shape index (κ2) is 8.70. The van der Waals surface area contributed by atoms with E-state index in [0.717, 1.165) is 32.5 Å². The van der Waals surface area contributed by atoms with E-state index in [4.69, 9.17) is 0 Å². The molecule has 2 fully saturated rings. The van der Waals surface area contributed by atoms with Gasteiger partial charge in [-0.05, 0) is 49.3 Å². The van der Waals surface area contributed by atoms with Crippen LogP contribution in [0.2, 0.25) is 0 Å². The van der Waals surface area contributed by atoms with E-state index in [2.05, 4.69) is 41.4 Å². The van der Waals surface area contributed by atoms with E-state index >= 15 is 0 Å². The summed E-state index contributed by atoms with van der Waals surface area (Å²) < 4.78 is 0. The van der Waals surface area contributed by atoms with Crippen LogP contribution in [0, 0.1) is 5.92 Å². The molecule has 3 rings (SSSR count). The van der Waals surface area contributed by atoms with Gasteiger partial charge in [-0.2, -0.15) is 0 Å². The van der Waals surface area contributed by atoms with Crippen molar-refractivity contribution >= 4 is 11.6 Å². The van der Waals surface area contributed by atoms with E-state index in [1.54, 1.807) is 6.92 Å². The monoisotopic (exact) mass is 343 g/mol. The minimum Gasteiger partial charge on any atom is -0.372 e. The van der Waals surface area contributed by atoms with Crippen molar-refractivity contribution in [2.45, 2.75) is 58.5 Å². The molecule has 2 heterocycles. The highest BCUT2D eigenvalue weighted by Gasteiger charge is 2.28. The first-order chi connectivity index (χ1) is 12.2. The van der Waals surface area contributed by atoms with E-state index in [1.165, 1.54) is 43.6 Å². The normalized spacial score (nSPS) is 24.4. The number of piperidine rings is 2. The standard InChI is InChI=1S/C21H33N3O/c1-3-19-16-24(17(2)25)14-11-21(19)22-15-18-7-9-20(10-8-18)23-12-5-4-6-13-23/h7-10,19,21-22H,3-6,11-16H2,1-2H3/t19-,21-/m1/s1. The molecule has 0 saturated carbocycles. The Labute approximate surface area is 152 Å². The topological polar surface area (TPSA) is 35.6 Å². The van der Waals surface area contributed by atoms with E-state index in [9.17, 15) is 4.79 Å². The van der Waals surface area contributed by atoms with Crippen LogP contribution in [0.4, 0.5) is 5.69 Å². The fourth-order valence-corrected chi connectivity index (χ4v) is 4.23. The first-order valence-electron chi connectivity index (χ1n) is 10.00. The van der Waals surface area contributed by atoms with Crippen LogP contribution in [0.3, 0.4) is 0 Å². The lowest BCUT2D eigenvalue weighted by Gasteiger charge is -2.38. The van der Waals surface area contributed by atoms with Crippen LogP contribution in [-0.4, -0.2) is 43.0 Å². The largest absolute Gasteiger partial charge is 0.372 e. The van der Waals surface area contributed by atoms with Gasteiger partial charge in [-0.15, -0.1) is 0 Å². The molecule has 2 atom stereocenters. The van der Waals surface area contributed by atoms with Crippen molar-refractivity contribution in [3.8, 4) is 0 Å². The van der Waals surface area contributed by atoms with Gasteiger partial charge in [-0.1, -0.05) is 25.5 Å². The Kier molecular flexibility index (Phi) is 6.35. The lowest BCUT2D eigenvalue weighted by molar-refractivity contribution is -0.131. The molecule has 138 valence electrons. The third-order valence-electron chi connectivity index (χ3n) is 5.93. The molecule has 1 N–H and O–H groups in total. The predicted octanol–water partition coefficient (Wildman–Crippen LogP) is 3.41. The molecule has 1 aromatic rings. The minimum absolute atomic E-state index is 0.213. The molecule has 0 aromatic heterocycles. The molecule has 0 radical (unpaired) electrons. The third kappa shape index (κ3) is 4.75. The number of anilines is 1. The van der Waals surface area contributed by atoms with Crippen molar-refractivity contribution in [2.75, 3.05) is 31.1 Å². The number of nitrogens with zero attached hydrogens (tertiary/aromatic N) is 2. The van der Waals surface area contributed by atoms with Gasteiger partial charge in [0, 0.05) is 51.4 Å². The Balaban J connectivity index is 1.51. The quantitative estimate of drug-likeness (QED) is 0.890. The van der Waals surface area contributed by atoms with Crippen molar-refractivity contribution in [3.05, 3.63) is 29.8 Å². The molecule has 2 saturated heterocycles. The number of hydrogen-bond donors (Lipinski definition) is 1. The Hall–Kier alpha value is -1.55. The van der Waals surface area contributed by atoms with Gasteiger partial charge in [0.1, 0.15) is 0 Å². The highest BCUT2D eigenvalue weighted by molar-refractivity contribution is 5.73. The second-order valence-electron chi connectivity index (χ2n) is 7.62. The summed E-state index contributed by atoms with van der Waals surface area (Å²) in [6.45, 7) is 9.02. The maximum atomic E-state index is 11.6. The molecule has 0 unspecified atom stereocenters. The lowest BCUT2D eigenvalue weighted by Crippen LogP contribution is -2.50. The van der Waals surface area contributed by atoms with Gasteiger partial charge < -0.3 is 15.1 Å². The van der Waals surface area contributed by atoms with E-state index in [1.807, 2.05) is 4.90 Å². The fourth-order valence-electron chi connectivity index (χ4n) is 4.23. The molecule has 4 nitrogen and oxygen atoms in total. The first-order valence-corrected chi connectivity index (χ1v) is 10.00. The van der Waals surface area contributed by atoms with Gasteiger partial charge in [-0.3, -0.25) is 4.79 Å². The van der Waals surface area contributed by atoms with E-state index in [-0.39, 0.29) is 5.91 Å². The SMILES string of the molecule is CC[C@@H]1CN(C(C)=O)CC[C@H]1NCc1ccc(N2CCCCC2)cc1. The van der Waals surface area contributed by atoms with Crippen LogP contribution in [-0.2, 0) is 11.3 Å². The summed E-state index contributed by atoms with van der Waals surface area (Å²) in [4.78, 5) is 16.1. The Morgan fingerprint density at radius 1 is 1.12 bits per heavy atom. The van der Waals surface area contributed by atoms with Crippen LogP contribution < -0.4 is 10.2 Å². The molecule has 1 aromatic carbocycles. The zero-order chi connectivity index (χ0) is 17.6. The number of amides is 1. The average Bonchev–Trinajstić information content (AvgIpc) is 2.67. The van der Waals surface area contributed by atoms with Crippen LogP contribution in [0.5, 0.6) is 0 Å². The maximum Gasteiger partial charge on any atom is 0.219 e. The lowest BCUT2D eigenvalue weighted by atomic mass is 9.89. The number of rotatable bonds is 5. The number of likely N-dealkylation sites (tertiary alicyclic amines) is 1. The zero-order valence-corrected chi connectivity index (χ0v) is 15.8. The number of hydrogen-bond acceptors (Lipinski definition) is 3. The van der Waals surface area contributed by atoms with Crippen LogP contribution in [0.25, 0.3) is 0 Å². The summed E-state index contributed by atoms with van der Waals surface area (Å²) >= 11 is 0. The van der Waals surface area contributed by atoms with Crippen molar-refractivity contribution < 1.29 is 4.79 Å². The van der Waals surface area contributed by atoms with Gasteiger partial charge in [0.05, 0.1) is 0 Å². The first kappa shape index (κ1) is 18.2. The molecule has 0 bridgehead atoms. The number of nitrogens with one attached hydrogen (secondary N) is 1. The Morgan fingerprint density at radius 3 is 2.48 bits per heavy atom. The number of carbonyl (C=O) groups is 1. The van der Waals surface area contributed by atoms with E-state index < -0.39 is 0 Å². The summed E-state index contributed by atoms with van der Waals surface area (Å²) in [6.07, 6.45) is 6.19. The van der Waals surface area contributed by atoms with Gasteiger partial charge >= 0.3 is 0 Å². The molecule has 25 heavy (non-hydrogen) atoms. The Bertz CT molecular complexity index is 551. The summed E-state index contributed by atoms with van der Waals surface area (Å²) in [6, 6.07) is 9.60. The highest BCUT2D eigenvalue weighted by atomic mass is 16.2. The van der Waals surface area contributed by atoms with Crippen molar-refractivity contribution in [3.63, 3.8) is 0 Å². The molecule has 0 aliphatic carbocycles. The molecule has 2 aliphatic heterocycles. The molecule has 4 heteroatoms. The molecular formula is C21H33N3O. The second-order valence-corrected chi connectivity index (χ2v) is 7.62. The summed E-state index contributed by atoms with van der Waals surface area (Å²) in [5.74, 6) is 0.774. The minimum atomic E-state index is 0.213. The zero-order valence-electron chi connectivity index (χ0n) is 15.8. The highest BCUT2D eigenvalue weighted by Crippen LogP contribution is 2.22. The van der Waals surface area contributed by atoms with Crippen LogP contribution >= 0.6 is 0 Å². The van der Waals surface area contributed by atoms with Gasteiger partial charge in [0.15, 0.2) is 0 Å². The fraction of sp³-hybridized carbons (Fsp3) is 0.667. The van der Waals surface area contributed by atoms with Crippen molar-refractivity contribution in [1.29, 1.82) is 0 Å². The smallest absolute Gasteiger partial charge is 0.219 e. The molecule has 1 amide bonds. The van der Waals surface area contributed by atoms with Gasteiger partial charge in [0.2, 0.25) is 5.91 Å². The summed E-state index contributed by atoms with van der Waals surface area (Å²) in [5.41, 5.74) is 2.72. The van der Waals surface area contributed by atoms with Gasteiger partial charge in [0.25, 0.3) is 0 Å². The molecule has 0 spiro atoms. The van der Waals surface area contributed by atoms with E-state index in [0.29, 0.717) is 12.0 Å². The van der Waals surface area contributed by atoms with Crippen LogP contribution in [0.1, 0.15) is 51.5 Å². The summed E-state index contributed by atoms with van der Waals surface area (Å²) in [7, 11) is 0. The van der Waals surface area contributed by atoms with Crippen molar-refractivity contribution in [2.24, 2.45) is 5.92 Å². The predicted molar refractivity (Wildman–Crippen MR) is 104 cm³/mol. The number of benzene rings is 1. The summed E-state index contributed by atoms with van der Waals surface area (Å²) in [5, 5.41) is 3.75. The number of carbonyl (C=O) groups excluding carboxylic acids is 1. The third-order valence-corrected chi connectivity index (χ3v) is 5.93. The maximum absolute atomic E-state index is 11.6.